The fraction of sp³-hybridized carbons (Fsp3) is 0.750. The standard InChI is InChI=1S/C4H7NO2.ClHO/c5-4(1-2-4)3(6)7;1-2/h1-2,5H2,(H,6,7);2H. The summed E-state index contributed by atoms with van der Waals surface area (Å²) in [6.07, 6.45) is 1.28. The number of aliphatic carboxylic acids is 1. The minimum Gasteiger partial charge on any atom is -0.480 e. The number of nitrogens with two attached hydrogens (primary N) is 1. The van der Waals surface area contributed by atoms with Crippen LogP contribution in [0.1, 0.15) is 12.8 Å². The smallest absolute Gasteiger partial charge is 0.323 e. The van der Waals surface area contributed by atoms with Crippen LogP contribution >= 0.6 is 11.9 Å². The summed E-state index contributed by atoms with van der Waals surface area (Å²) in [6, 6.07) is 0. The van der Waals surface area contributed by atoms with E-state index in [4.69, 9.17) is 15.5 Å². The van der Waals surface area contributed by atoms with Gasteiger partial charge in [-0.3, -0.25) is 9.45 Å². The van der Waals surface area contributed by atoms with E-state index in [1.54, 1.807) is 0 Å². The molecule has 0 saturated heterocycles. The lowest BCUT2D eigenvalue weighted by molar-refractivity contribution is -0.139. The summed E-state index contributed by atoms with van der Waals surface area (Å²) in [7, 11) is 0. The SMILES string of the molecule is NC1(C(=O)O)CC1.OCl. The van der Waals surface area contributed by atoms with E-state index in [9.17, 15) is 4.79 Å². The summed E-state index contributed by atoms with van der Waals surface area (Å²) in [5, 5.41) is 8.19. The summed E-state index contributed by atoms with van der Waals surface area (Å²) in [4.78, 5) is 9.96. The topological polar surface area (TPSA) is 83.6 Å². The predicted octanol–water partition coefficient (Wildman–Crippen LogP) is -0.305. The molecule has 1 rings (SSSR count). The van der Waals surface area contributed by atoms with Crippen LogP contribution in [0.2, 0.25) is 0 Å². The molecule has 0 heterocycles. The lowest BCUT2D eigenvalue weighted by Crippen LogP contribution is -2.31. The molecule has 0 aromatic rings. The second-order valence-corrected chi connectivity index (χ2v) is 1.96. The van der Waals surface area contributed by atoms with Crippen molar-refractivity contribution >= 4 is 17.8 Å². The summed E-state index contributed by atoms with van der Waals surface area (Å²) >= 11 is 3.64. The van der Waals surface area contributed by atoms with Crippen molar-refractivity contribution in [3.8, 4) is 0 Å². The van der Waals surface area contributed by atoms with Gasteiger partial charge in [-0.1, -0.05) is 0 Å². The molecule has 1 saturated carbocycles. The maximum atomic E-state index is 9.96. The van der Waals surface area contributed by atoms with Crippen LogP contribution in [0.3, 0.4) is 0 Å². The molecule has 0 atom stereocenters. The molecule has 54 valence electrons. The van der Waals surface area contributed by atoms with Crippen molar-refractivity contribution < 1.29 is 14.6 Å². The largest absolute Gasteiger partial charge is 0.480 e. The van der Waals surface area contributed by atoms with Crippen molar-refractivity contribution in [1.29, 1.82) is 0 Å². The first-order chi connectivity index (χ1) is 4.15. The van der Waals surface area contributed by atoms with Crippen LogP contribution in [-0.4, -0.2) is 21.3 Å². The molecule has 1 aliphatic carbocycles. The number of carbonyl (C=O) groups is 1. The van der Waals surface area contributed by atoms with Crippen molar-refractivity contribution in [3.63, 3.8) is 0 Å². The molecule has 0 aromatic carbocycles. The molecule has 5 heteroatoms. The average Bonchev–Trinajstić information content (AvgIpc) is 2.55. The van der Waals surface area contributed by atoms with Gasteiger partial charge in [-0.05, 0) is 12.8 Å². The molecule has 1 fully saturated rings. The third-order valence-electron chi connectivity index (χ3n) is 1.21. The number of carboxylic acid groups (broad SMARTS) is 1. The molecule has 1 aliphatic rings. The highest BCUT2D eigenvalue weighted by Crippen LogP contribution is 2.31. The molecule has 4 nitrogen and oxygen atoms in total. The zero-order chi connectivity index (χ0) is 7.49. The number of halogens is 1. The third-order valence-corrected chi connectivity index (χ3v) is 1.21. The van der Waals surface area contributed by atoms with E-state index in [1.165, 1.54) is 0 Å². The van der Waals surface area contributed by atoms with Crippen molar-refractivity contribution in [2.45, 2.75) is 18.4 Å². The zero-order valence-corrected chi connectivity index (χ0v) is 5.43. The zero-order valence-electron chi connectivity index (χ0n) is 4.67. The quantitative estimate of drug-likeness (QED) is 0.483. The van der Waals surface area contributed by atoms with Crippen LogP contribution < -0.4 is 5.73 Å². The Morgan fingerprint density at radius 1 is 1.56 bits per heavy atom. The van der Waals surface area contributed by atoms with Gasteiger partial charge in [0.25, 0.3) is 0 Å². The molecular weight excluding hydrogens is 146 g/mol. The molecule has 0 radical (unpaired) electrons. The van der Waals surface area contributed by atoms with E-state index in [0.29, 0.717) is 12.8 Å². The van der Waals surface area contributed by atoms with Crippen LogP contribution in [0.5, 0.6) is 0 Å². The lowest BCUT2D eigenvalue weighted by Gasteiger charge is -1.95. The summed E-state index contributed by atoms with van der Waals surface area (Å²) in [5.41, 5.74) is 4.36. The average molecular weight is 154 g/mol. The van der Waals surface area contributed by atoms with Gasteiger partial charge in [0.2, 0.25) is 0 Å². The molecule has 0 aromatic heterocycles. The first-order valence-corrected chi connectivity index (χ1v) is 2.68. The molecule has 0 spiro atoms. The van der Waals surface area contributed by atoms with Gasteiger partial charge in [-0.2, -0.15) is 0 Å². The minimum absolute atomic E-state index is 0.641. The minimum atomic E-state index is -0.868. The Balaban J connectivity index is 0.000000291. The Morgan fingerprint density at radius 2 is 1.89 bits per heavy atom. The van der Waals surface area contributed by atoms with Gasteiger partial charge in [0.15, 0.2) is 0 Å². The summed E-state index contributed by atoms with van der Waals surface area (Å²) < 4.78 is 6.47. The van der Waals surface area contributed by atoms with Crippen molar-refractivity contribution in [3.05, 3.63) is 0 Å². The Bertz CT molecular complexity index is 112. The normalized spacial score (nSPS) is 19.4. The van der Waals surface area contributed by atoms with Crippen LogP contribution in [0.25, 0.3) is 0 Å². The maximum absolute atomic E-state index is 9.96. The van der Waals surface area contributed by atoms with E-state index in [0.717, 1.165) is 0 Å². The van der Waals surface area contributed by atoms with Crippen molar-refractivity contribution in [1.82, 2.24) is 0 Å². The van der Waals surface area contributed by atoms with Gasteiger partial charge in [0.1, 0.15) is 5.54 Å². The van der Waals surface area contributed by atoms with Gasteiger partial charge < -0.3 is 10.8 Å². The Labute approximate surface area is 57.4 Å². The van der Waals surface area contributed by atoms with Gasteiger partial charge in [0.05, 0.1) is 11.9 Å². The highest BCUT2D eigenvalue weighted by molar-refractivity contribution is 6.04. The van der Waals surface area contributed by atoms with Gasteiger partial charge in [0, 0.05) is 0 Å². The fourth-order valence-electron chi connectivity index (χ4n) is 0.349. The van der Waals surface area contributed by atoms with Gasteiger partial charge in [-0.15, -0.1) is 0 Å². The molecule has 9 heavy (non-hydrogen) atoms. The first-order valence-electron chi connectivity index (χ1n) is 2.34. The molecular formula is C4H8ClNO3. The number of carboxylic acids is 1. The maximum Gasteiger partial charge on any atom is 0.323 e. The summed E-state index contributed by atoms with van der Waals surface area (Å²) in [5.74, 6) is -0.868. The highest BCUT2D eigenvalue weighted by Gasteiger charge is 2.46. The third kappa shape index (κ3) is 2.17. The van der Waals surface area contributed by atoms with Gasteiger partial charge in [-0.25, -0.2) is 0 Å². The lowest BCUT2D eigenvalue weighted by atomic mass is 10.3. The Morgan fingerprint density at radius 3 is 1.89 bits per heavy atom. The van der Waals surface area contributed by atoms with Crippen LogP contribution in [-0.2, 0) is 4.79 Å². The summed E-state index contributed by atoms with van der Waals surface area (Å²) in [6.45, 7) is 0. The van der Waals surface area contributed by atoms with E-state index in [2.05, 4.69) is 11.9 Å². The number of hydrogen-bond donors (Lipinski definition) is 3. The first kappa shape index (κ1) is 8.68. The van der Waals surface area contributed by atoms with Crippen molar-refractivity contribution in [2.75, 3.05) is 0 Å². The Kier molecular flexibility index (Phi) is 2.90. The van der Waals surface area contributed by atoms with Crippen molar-refractivity contribution in [2.24, 2.45) is 5.73 Å². The molecule has 0 aliphatic heterocycles. The monoisotopic (exact) mass is 153 g/mol. The second-order valence-electron chi connectivity index (χ2n) is 1.96. The van der Waals surface area contributed by atoms with E-state index in [-0.39, 0.29) is 0 Å². The Hall–Kier alpha value is -0.320. The number of hydrogen-bond acceptors (Lipinski definition) is 3. The van der Waals surface area contributed by atoms with Crippen LogP contribution in [0, 0.1) is 0 Å². The number of rotatable bonds is 1. The second kappa shape index (κ2) is 3.00. The van der Waals surface area contributed by atoms with Gasteiger partial charge >= 0.3 is 5.97 Å². The molecule has 0 bridgehead atoms. The predicted molar refractivity (Wildman–Crippen MR) is 31.9 cm³/mol. The molecule has 4 N–H and O–H groups in total. The van der Waals surface area contributed by atoms with E-state index >= 15 is 0 Å². The highest BCUT2D eigenvalue weighted by atomic mass is 35.5. The van der Waals surface area contributed by atoms with E-state index in [1.807, 2.05) is 0 Å². The van der Waals surface area contributed by atoms with Crippen LogP contribution in [0.4, 0.5) is 0 Å². The van der Waals surface area contributed by atoms with E-state index < -0.39 is 11.5 Å². The van der Waals surface area contributed by atoms with Crippen LogP contribution in [0.15, 0.2) is 0 Å². The fourth-order valence-corrected chi connectivity index (χ4v) is 0.349. The molecule has 0 unspecified atom stereocenters. The molecule has 0 amide bonds.